The van der Waals surface area contributed by atoms with Crippen LogP contribution in [0.4, 0.5) is 5.69 Å². The van der Waals surface area contributed by atoms with E-state index >= 15 is 0 Å². The van der Waals surface area contributed by atoms with Crippen LogP contribution in [0.25, 0.3) is 0 Å². The molecule has 0 saturated heterocycles. The molecule has 0 aliphatic carbocycles. The molecular formula is C11H13N3S. The number of amidine groups is 1. The number of hydrogen-bond acceptors (Lipinski definition) is 3. The van der Waals surface area contributed by atoms with Gasteiger partial charge in [-0.3, -0.25) is 5.41 Å². The Kier molecular flexibility index (Phi) is 2.77. The first-order chi connectivity index (χ1) is 7.18. The van der Waals surface area contributed by atoms with Gasteiger partial charge in [0.1, 0.15) is 0 Å². The van der Waals surface area contributed by atoms with Crippen molar-refractivity contribution in [1.82, 2.24) is 0 Å². The van der Waals surface area contributed by atoms with Crippen LogP contribution in [0.1, 0.15) is 13.8 Å². The first-order valence-electron chi connectivity index (χ1n) is 4.84. The highest BCUT2D eigenvalue weighted by Gasteiger charge is 2.22. The van der Waals surface area contributed by atoms with Gasteiger partial charge in [0.25, 0.3) is 0 Å². The van der Waals surface area contributed by atoms with Gasteiger partial charge in [-0.2, -0.15) is 5.10 Å². The molecule has 0 fully saturated rings. The van der Waals surface area contributed by atoms with Crippen LogP contribution in [-0.4, -0.2) is 16.1 Å². The molecule has 1 heterocycles. The maximum atomic E-state index is 7.89. The molecule has 1 aliphatic rings. The van der Waals surface area contributed by atoms with Crippen molar-refractivity contribution in [3.8, 4) is 0 Å². The molecule has 0 spiro atoms. The predicted octanol–water partition coefficient (Wildman–Crippen LogP) is 2.94. The van der Waals surface area contributed by atoms with E-state index in [0.29, 0.717) is 10.4 Å². The fourth-order valence-electron chi connectivity index (χ4n) is 1.33. The monoisotopic (exact) mass is 219 g/mol. The zero-order valence-corrected chi connectivity index (χ0v) is 9.58. The molecular weight excluding hydrogens is 206 g/mol. The largest absolute Gasteiger partial charge is 0.277 e. The van der Waals surface area contributed by atoms with Gasteiger partial charge in [0.05, 0.1) is 5.69 Å². The Bertz CT molecular complexity index is 400. The smallest absolute Gasteiger partial charge is 0.182 e. The Morgan fingerprint density at radius 2 is 2.00 bits per heavy atom. The molecule has 1 aliphatic heterocycles. The lowest BCUT2D eigenvalue weighted by Crippen LogP contribution is -2.32. The molecule has 1 N–H and O–H groups in total. The van der Waals surface area contributed by atoms with Crippen LogP contribution in [0.15, 0.2) is 35.4 Å². The third kappa shape index (κ3) is 2.04. The van der Waals surface area contributed by atoms with E-state index in [9.17, 15) is 0 Å². The van der Waals surface area contributed by atoms with Crippen molar-refractivity contribution in [2.45, 2.75) is 19.1 Å². The van der Waals surface area contributed by atoms with Crippen LogP contribution in [0, 0.1) is 5.41 Å². The van der Waals surface area contributed by atoms with Crippen LogP contribution < -0.4 is 5.01 Å². The average Bonchev–Trinajstić information content (AvgIpc) is 2.25. The fourth-order valence-corrected chi connectivity index (χ4v) is 2.13. The molecule has 3 nitrogen and oxygen atoms in total. The summed E-state index contributed by atoms with van der Waals surface area (Å²) in [6.45, 7) is 4.07. The summed E-state index contributed by atoms with van der Waals surface area (Å²) in [6, 6.07) is 9.79. The van der Waals surface area contributed by atoms with Gasteiger partial charge in [0.15, 0.2) is 5.17 Å². The van der Waals surface area contributed by atoms with E-state index in [4.69, 9.17) is 5.41 Å². The lowest BCUT2D eigenvalue weighted by Gasteiger charge is -2.27. The molecule has 4 heteroatoms. The van der Waals surface area contributed by atoms with Crippen LogP contribution in [-0.2, 0) is 0 Å². The zero-order chi connectivity index (χ0) is 10.8. The van der Waals surface area contributed by atoms with Crippen molar-refractivity contribution in [1.29, 1.82) is 5.41 Å². The minimum atomic E-state index is 0.303. The third-order valence-electron chi connectivity index (χ3n) is 2.33. The highest BCUT2D eigenvalue weighted by Crippen LogP contribution is 2.26. The number of anilines is 1. The second-order valence-electron chi connectivity index (χ2n) is 3.45. The van der Waals surface area contributed by atoms with E-state index < -0.39 is 0 Å². The van der Waals surface area contributed by atoms with Crippen molar-refractivity contribution in [2.75, 3.05) is 5.01 Å². The third-order valence-corrected chi connectivity index (χ3v) is 3.42. The number of para-hydroxylation sites is 1. The molecule has 1 unspecified atom stereocenters. The van der Waals surface area contributed by atoms with Crippen molar-refractivity contribution in [2.24, 2.45) is 5.10 Å². The fraction of sp³-hybridized carbons (Fsp3) is 0.273. The summed E-state index contributed by atoms with van der Waals surface area (Å²) in [5.74, 6) is 0. The van der Waals surface area contributed by atoms with Gasteiger partial charge < -0.3 is 0 Å². The van der Waals surface area contributed by atoms with Crippen molar-refractivity contribution in [3.05, 3.63) is 30.3 Å². The van der Waals surface area contributed by atoms with Crippen molar-refractivity contribution >= 4 is 28.3 Å². The van der Waals surface area contributed by atoms with E-state index in [1.54, 1.807) is 5.01 Å². The molecule has 1 aromatic rings. The summed E-state index contributed by atoms with van der Waals surface area (Å²) in [6.07, 6.45) is 0. The summed E-state index contributed by atoms with van der Waals surface area (Å²) in [4.78, 5) is 0. The summed E-state index contributed by atoms with van der Waals surface area (Å²) < 4.78 is 0. The van der Waals surface area contributed by atoms with Gasteiger partial charge in [0.2, 0.25) is 0 Å². The lowest BCUT2D eigenvalue weighted by molar-refractivity contribution is 1.08. The van der Waals surface area contributed by atoms with Gasteiger partial charge >= 0.3 is 0 Å². The summed E-state index contributed by atoms with van der Waals surface area (Å²) >= 11 is 1.53. The first-order valence-corrected chi connectivity index (χ1v) is 5.72. The Morgan fingerprint density at radius 1 is 1.33 bits per heavy atom. The second kappa shape index (κ2) is 4.06. The molecule has 15 heavy (non-hydrogen) atoms. The molecule has 0 aromatic heterocycles. The van der Waals surface area contributed by atoms with Crippen molar-refractivity contribution < 1.29 is 0 Å². The minimum Gasteiger partial charge on any atom is -0.277 e. The first kappa shape index (κ1) is 10.2. The molecule has 0 amide bonds. The highest BCUT2D eigenvalue weighted by molar-refractivity contribution is 8.15. The topological polar surface area (TPSA) is 39.5 Å². The summed E-state index contributed by atoms with van der Waals surface area (Å²) in [7, 11) is 0. The molecule has 0 saturated carbocycles. The molecule has 1 aromatic carbocycles. The maximum absolute atomic E-state index is 7.89. The molecule has 1 atom stereocenters. The lowest BCUT2D eigenvalue weighted by atomic mass is 10.3. The number of rotatable bonds is 1. The molecule has 0 bridgehead atoms. The predicted molar refractivity (Wildman–Crippen MR) is 66.8 cm³/mol. The van der Waals surface area contributed by atoms with Crippen molar-refractivity contribution in [3.63, 3.8) is 0 Å². The van der Waals surface area contributed by atoms with Crippen LogP contribution in [0.2, 0.25) is 0 Å². The standard InChI is InChI=1S/C11H13N3S/c1-8-9(2)15-11(12)14(13-8)10-6-4-3-5-7-10/h3-7,9,12H,1-2H3. The number of hydrazone groups is 1. The van der Waals surface area contributed by atoms with Gasteiger partial charge in [-0.25, -0.2) is 5.01 Å². The zero-order valence-electron chi connectivity index (χ0n) is 8.77. The van der Waals surface area contributed by atoms with E-state index in [0.717, 1.165) is 11.4 Å². The Hall–Kier alpha value is -1.29. The molecule has 2 rings (SSSR count). The normalized spacial score (nSPS) is 21.5. The Morgan fingerprint density at radius 3 is 2.67 bits per heavy atom. The van der Waals surface area contributed by atoms with E-state index in [2.05, 4.69) is 12.0 Å². The SMILES string of the molecule is CC1=NN(c2ccccc2)C(=N)SC1C. The maximum Gasteiger partial charge on any atom is 0.182 e. The number of nitrogens with one attached hydrogen (secondary N) is 1. The number of benzene rings is 1. The number of thioether (sulfide) groups is 1. The quantitative estimate of drug-likeness (QED) is 0.788. The van der Waals surface area contributed by atoms with E-state index in [1.807, 2.05) is 37.3 Å². The Balaban J connectivity index is 2.34. The highest BCUT2D eigenvalue weighted by atomic mass is 32.2. The van der Waals surface area contributed by atoms with Crippen LogP contribution in [0.5, 0.6) is 0 Å². The van der Waals surface area contributed by atoms with E-state index in [1.165, 1.54) is 11.8 Å². The Labute approximate surface area is 93.7 Å². The summed E-state index contributed by atoms with van der Waals surface area (Å²) in [5, 5.41) is 14.8. The second-order valence-corrected chi connectivity index (χ2v) is 4.78. The van der Waals surface area contributed by atoms with Gasteiger partial charge in [-0.15, -0.1) is 0 Å². The van der Waals surface area contributed by atoms with Gasteiger partial charge in [-0.05, 0) is 26.0 Å². The van der Waals surface area contributed by atoms with Gasteiger partial charge in [0, 0.05) is 11.0 Å². The summed E-state index contributed by atoms with van der Waals surface area (Å²) in [5.41, 5.74) is 2.00. The average molecular weight is 219 g/mol. The van der Waals surface area contributed by atoms with E-state index in [-0.39, 0.29) is 0 Å². The minimum absolute atomic E-state index is 0.303. The molecule has 78 valence electrons. The number of nitrogens with zero attached hydrogens (tertiary/aromatic N) is 2. The molecule has 0 radical (unpaired) electrons. The number of hydrogen-bond donors (Lipinski definition) is 1. The van der Waals surface area contributed by atoms with Crippen LogP contribution >= 0.6 is 11.8 Å². The van der Waals surface area contributed by atoms with Gasteiger partial charge in [-0.1, -0.05) is 30.0 Å². The van der Waals surface area contributed by atoms with Crippen LogP contribution in [0.3, 0.4) is 0 Å².